The molecule has 0 aliphatic carbocycles. The van der Waals surface area contributed by atoms with Gasteiger partial charge in [0, 0.05) is 36.2 Å². The summed E-state index contributed by atoms with van der Waals surface area (Å²) in [7, 11) is 0. The predicted octanol–water partition coefficient (Wildman–Crippen LogP) is 2.30. The summed E-state index contributed by atoms with van der Waals surface area (Å²) in [5.41, 5.74) is 2.11. The first-order valence-corrected chi connectivity index (χ1v) is 9.23. The first-order chi connectivity index (χ1) is 12.6. The third kappa shape index (κ3) is 4.77. The highest BCUT2D eigenvalue weighted by Gasteiger charge is 2.27. The number of nitrogens with one attached hydrogen (secondary N) is 3. The maximum Gasteiger partial charge on any atom is 0.269 e. The number of likely N-dealkylation sites (tertiary alicyclic amines) is 1. The quantitative estimate of drug-likeness (QED) is 0.413. The first-order valence-electron chi connectivity index (χ1n) is 8.82. The molecule has 6 nitrogen and oxygen atoms in total. The Morgan fingerprint density at radius 3 is 2.38 bits per heavy atom. The smallest absolute Gasteiger partial charge is 0.269 e. The molecule has 7 heteroatoms. The van der Waals surface area contributed by atoms with Crippen LogP contribution in [0.1, 0.15) is 24.4 Å². The molecule has 0 radical (unpaired) electrons. The van der Waals surface area contributed by atoms with Gasteiger partial charge in [-0.05, 0) is 24.4 Å². The lowest BCUT2D eigenvalue weighted by atomic mass is 10.1. The third-order valence-electron chi connectivity index (χ3n) is 4.74. The Morgan fingerprint density at radius 2 is 1.77 bits per heavy atom. The predicted molar refractivity (Wildman–Crippen MR) is 106 cm³/mol. The zero-order valence-corrected chi connectivity index (χ0v) is 15.3. The van der Waals surface area contributed by atoms with E-state index in [-0.39, 0.29) is 5.69 Å². The molecule has 2 aromatic carbocycles. The van der Waals surface area contributed by atoms with E-state index in [9.17, 15) is 10.1 Å². The van der Waals surface area contributed by atoms with Crippen LogP contribution in [0.25, 0.3) is 0 Å². The van der Waals surface area contributed by atoms with Gasteiger partial charge in [0.1, 0.15) is 6.04 Å². The number of non-ortho nitro benzene ring substituents is 1. The van der Waals surface area contributed by atoms with Gasteiger partial charge in [0.05, 0.1) is 24.6 Å². The number of quaternary nitrogens is 1. The van der Waals surface area contributed by atoms with Crippen molar-refractivity contribution < 1.29 is 9.82 Å². The molecule has 3 N–H and O–H groups in total. The minimum atomic E-state index is -0.413. The number of thiocarbonyl (C=S) groups is 1. The average molecular weight is 371 g/mol. The standard InChI is InChI=1S/C19H22N4O2S/c24-23(25)17-10-8-16(9-11-17)21-19(26)20-14-18(22-12-4-5-13-22)15-6-2-1-3-7-15/h1-3,6-11,18H,4-5,12-14H2,(H2,20,21,26)/p+1/t18-/m1/s1. The van der Waals surface area contributed by atoms with E-state index in [1.807, 2.05) is 6.07 Å². The summed E-state index contributed by atoms with van der Waals surface area (Å²) in [6.45, 7) is 3.12. The molecule has 136 valence electrons. The zero-order chi connectivity index (χ0) is 18.4. The number of nitrogens with zero attached hydrogens (tertiary/aromatic N) is 1. The van der Waals surface area contributed by atoms with Crippen LogP contribution in [0.5, 0.6) is 0 Å². The highest BCUT2D eigenvalue weighted by Crippen LogP contribution is 2.15. The SMILES string of the molecule is O=[N+]([O-])c1ccc(NC(=S)NC[C@H](c2ccccc2)[NH+]2CCCC2)cc1. The fraction of sp³-hybridized carbons (Fsp3) is 0.316. The molecule has 0 saturated carbocycles. The fourth-order valence-electron chi connectivity index (χ4n) is 3.40. The molecule has 1 aliphatic rings. The molecule has 1 aliphatic heterocycles. The van der Waals surface area contributed by atoms with Crippen molar-refractivity contribution in [2.45, 2.75) is 18.9 Å². The molecule has 1 fully saturated rings. The largest absolute Gasteiger partial charge is 0.356 e. The van der Waals surface area contributed by atoms with Crippen molar-refractivity contribution in [1.82, 2.24) is 5.32 Å². The van der Waals surface area contributed by atoms with E-state index in [1.165, 1.54) is 43.6 Å². The van der Waals surface area contributed by atoms with Gasteiger partial charge in [-0.1, -0.05) is 30.3 Å². The Balaban J connectivity index is 1.59. The van der Waals surface area contributed by atoms with Crippen molar-refractivity contribution in [3.8, 4) is 0 Å². The van der Waals surface area contributed by atoms with Crippen LogP contribution in [0.4, 0.5) is 11.4 Å². The van der Waals surface area contributed by atoms with Crippen molar-refractivity contribution in [1.29, 1.82) is 0 Å². The molecule has 0 aromatic heterocycles. The molecule has 26 heavy (non-hydrogen) atoms. The van der Waals surface area contributed by atoms with E-state index < -0.39 is 4.92 Å². The number of hydrogen-bond acceptors (Lipinski definition) is 3. The van der Waals surface area contributed by atoms with Crippen LogP contribution >= 0.6 is 12.2 Å². The summed E-state index contributed by atoms with van der Waals surface area (Å²) >= 11 is 5.40. The summed E-state index contributed by atoms with van der Waals surface area (Å²) in [5.74, 6) is 0. The molecule has 1 saturated heterocycles. The molecule has 0 unspecified atom stereocenters. The minimum Gasteiger partial charge on any atom is -0.356 e. The van der Waals surface area contributed by atoms with Crippen LogP contribution in [0.15, 0.2) is 54.6 Å². The third-order valence-corrected chi connectivity index (χ3v) is 4.99. The second kappa shape index (κ2) is 8.73. The van der Waals surface area contributed by atoms with E-state index in [1.54, 1.807) is 17.0 Å². The lowest BCUT2D eigenvalue weighted by molar-refractivity contribution is -0.918. The lowest BCUT2D eigenvalue weighted by Gasteiger charge is -2.26. The number of nitro groups is 1. The van der Waals surface area contributed by atoms with Gasteiger partial charge in [-0.25, -0.2) is 0 Å². The Bertz CT molecular complexity index is 746. The van der Waals surface area contributed by atoms with Crippen molar-refractivity contribution in [3.05, 3.63) is 70.3 Å². The van der Waals surface area contributed by atoms with Crippen LogP contribution in [0.2, 0.25) is 0 Å². The van der Waals surface area contributed by atoms with E-state index >= 15 is 0 Å². The second-order valence-electron chi connectivity index (χ2n) is 6.47. The number of benzene rings is 2. The molecule has 0 spiro atoms. The van der Waals surface area contributed by atoms with E-state index in [0.717, 1.165) is 12.2 Å². The Labute approximate surface area is 158 Å². The van der Waals surface area contributed by atoms with Crippen LogP contribution in [0.3, 0.4) is 0 Å². The molecule has 1 atom stereocenters. The molecule has 0 bridgehead atoms. The molecule has 0 amide bonds. The molecule has 1 heterocycles. The van der Waals surface area contributed by atoms with Gasteiger partial charge in [-0.15, -0.1) is 0 Å². The topological polar surface area (TPSA) is 71.6 Å². The van der Waals surface area contributed by atoms with Crippen molar-refractivity contribution >= 4 is 28.7 Å². The maximum atomic E-state index is 10.7. The van der Waals surface area contributed by atoms with Crippen LogP contribution in [0, 0.1) is 10.1 Å². The minimum absolute atomic E-state index is 0.0659. The Morgan fingerprint density at radius 1 is 1.12 bits per heavy atom. The van der Waals surface area contributed by atoms with Gasteiger partial charge in [0.2, 0.25) is 0 Å². The first kappa shape index (κ1) is 18.3. The van der Waals surface area contributed by atoms with Gasteiger partial charge in [0.25, 0.3) is 5.69 Å². The van der Waals surface area contributed by atoms with Gasteiger partial charge in [0.15, 0.2) is 5.11 Å². The van der Waals surface area contributed by atoms with Gasteiger partial charge in [-0.3, -0.25) is 10.1 Å². The molecule has 3 rings (SSSR count). The Kier molecular flexibility index (Phi) is 6.14. The van der Waals surface area contributed by atoms with E-state index in [2.05, 4.69) is 34.9 Å². The van der Waals surface area contributed by atoms with Gasteiger partial charge < -0.3 is 15.5 Å². The monoisotopic (exact) mass is 371 g/mol. The maximum absolute atomic E-state index is 10.7. The zero-order valence-electron chi connectivity index (χ0n) is 14.5. The van der Waals surface area contributed by atoms with Crippen molar-refractivity contribution in [2.24, 2.45) is 0 Å². The van der Waals surface area contributed by atoms with Gasteiger partial charge >= 0.3 is 0 Å². The average Bonchev–Trinajstić information content (AvgIpc) is 3.17. The number of nitro benzene ring substituents is 1. The number of anilines is 1. The second-order valence-corrected chi connectivity index (χ2v) is 6.88. The highest BCUT2D eigenvalue weighted by atomic mass is 32.1. The molecular formula is C19H23N4O2S+. The summed E-state index contributed by atoms with van der Waals surface area (Å²) < 4.78 is 0. The van der Waals surface area contributed by atoms with Crippen LogP contribution in [-0.2, 0) is 0 Å². The highest BCUT2D eigenvalue weighted by molar-refractivity contribution is 7.80. The van der Waals surface area contributed by atoms with Crippen LogP contribution in [-0.4, -0.2) is 29.7 Å². The molecular weight excluding hydrogens is 348 g/mol. The van der Waals surface area contributed by atoms with Crippen molar-refractivity contribution in [2.75, 3.05) is 25.0 Å². The number of hydrogen-bond donors (Lipinski definition) is 3. The number of rotatable bonds is 6. The molecule has 2 aromatic rings. The summed E-state index contributed by atoms with van der Waals surface area (Å²) in [6, 6.07) is 17.1. The van der Waals surface area contributed by atoms with Crippen molar-refractivity contribution in [3.63, 3.8) is 0 Å². The summed E-state index contributed by atoms with van der Waals surface area (Å²) in [4.78, 5) is 11.9. The Hall–Kier alpha value is -2.51. The normalized spacial score (nSPS) is 15.4. The lowest BCUT2D eigenvalue weighted by Crippen LogP contribution is -3.11. The summed E-state index contributed by atoms with van der Waals surface area (Å²) in [6.07, 6.45) is 2.54. The fourth-order valence-corrected chi connectivity index (χ4v) is 3.60. The van der Waals surface area contributed by atoms with Crippen LogP contribution < -0.4 is 15.5 Å². The van der Waals surface area contributed by atoms with E-state index in [0.29, 0.717) is 11.2 Å². The van der Waals surface area contributed by atoms with Gasteiger partial charge in [-0.2, -0.15) is 0 Å². The van der Waals surface area contributed by atoms with E-state index in [4.69, 9.17) is 12.2 Å². The summed E-state index contributed by atoms with van der Waals surface area (Å²) in [5, 5.41) is 17.6.